The number of hydrogen-bond acceptors (Lipinski definition) is 7. The van der Waals surface area contributed by atoms with Crippen molar-refractivity contribution in [3.8, 4) is 16.9 Å². The molecule has 36 heavy (non-hydrogen) atoms. The van der Waals surface area contributed by atoms with Crippen molar-refractivity contribution in [3.63, 3.8) is 0 Å². The monoisotopic (exact) mass is 495 g/mol. The molecule has 0 bridgehead atoms. The minimum absolute atomic E-state index is 0.101. The number of fused-ring (bicyclic) bond motifs is 1. The number of aliphatic hydroxyl groups excluding tert-OH is 4. The highest BCUT2D eigenvalue weighted by Crippen LogP contribution is 2.37. The van der Waals surface area contributed by atoms with Crippen LogP contribution in [-0.2, 0) is 11.2 Å². The zero-order valence-corrected chi connectivity index (χ0v) is 19.1. The molecule has 4 aromatic rings. The second-order valence-corrected chi connectivity index (χ2v) is 8.85. The molecule has 3 aromatic carbocycles. The molecule has 0 saturated carbocycles. The van der Waals surface area contributed by atoms with Gasteiger partial charge in [0.2, 0.25) is 6.29 Å². The third-order valence-corrected chi connectivity index (χ3v) is 6.50. The fraction of sp³-hybridized carbons (Fsp3) is 0.259. The van der Waals surface area contributed by atoms with Gasteiger partial charge in [0.15, 0.2) is 6.10 Å². The standard InChI is InChI=1S/C27H26FNO7/c28-19-12-15(9-10-18(19)16-5-2-1-3-6-16)11-17-13-29-20-7-4-8-21(23(17)20)36-27(34)25(32)24(31)22(14-30)35-26(27)33/h1-10,12-13,22,24-26,29-34H,11,14H2/t22-,24-,25+,26+,27+/m1/s1. The molecule has 6 N–H and O–H groups in total. The summed E-state index contributed by atoms with van der Waals surface area (Å²) >= 11 is 0. The lowest BCUT2D eigenvalue weighted by Crippen LogP contribution is -2.69. The van der Waals surface area contributed by atoms with Gasteiger partial charge in [-0.3, -0.25) is 0 Å². The van der Waals surface area contributed by atoms with Crippen LogP contribution in [0.3, 0.4) is 0 Å². The quantitative estimate of drug-likeness (QED) is 0.226. The topological polar surface area (TPSA) is 135 Å². The van der Waals surface area contributed by atoms with Gasteiger partial charge in [0.1, 0.15) is 23.8 Å². The largest absolute Gasteiger partial charge is 0.454 e. The molecule has 1 fully saturated rings. The van der Waals surface area contributed by atoms with Crippen LogP contribution in [0.1, 0.15) is 11.1 Å². The summed E-state index contributed by atoms with van der Waals surface area (Å²) in [6.07, 6.45) is -4.99. The lowest BCUT2D eigenvalue weighted by atomic mass is 9.95. The average Bonchev–Trinajstić information content (AvgIpc) is 3.29. The van der Waals surface area contributed by atoms with Crippen LogP contribution >= 0.6 is 0 Å². The number of nitrogens with one attached hydrogen (secondary N) is 1. The molecule has 9 heteroatoms. The molecule has 0 radical (unpaired) electrons. The number of aromatic amines is 1. The number of halogens is 1. The van der Waals surface area contributed by atoms with Crippen molar-refractivity contribution in [2.45, 2.75) is 36.8 Å². The number of hydrogen-bond donors (Lipinski definition) is 6. The number of ether oxygens (including phenoxy) is 2. The fourth-order valence-electron chi connectivity index (χ4n) is 4.56. The van der Waals surface area contributed by atoms with Gasteiger partial charge in [0, 0.05) is 22.7 Å². The molecular formula is C27H26FNO7. The van der Waals surface area contributed by atoms with Gasteiger partial charge in [-0.15, -0.1) is 0 Å². The lowest BCUT2D eigenvalue weighted by Gasteiger charge is -2.45. The number of benzene rings is 3. The summed E-state index contributed by atoms with van der Waals surface area (Å²) < 4.78 is 25.7. The van der Waals surface area contributed by atoms with E-state index in [4.69, 9.17) is 9.47 Å². The Kier molecular flexibility index (Phi) is 6.52. The fourth-order valence-corrected chi connectivity index (χ4v) is 4.56. The first-order chi connectivity index (χ1) is 17.3. The zero-order valence-electron chi connectivity index (χ0n) is 19.1. The Morgan fingerprint density at radius 2 is 1.78 bits per heavy atom. The third-order valence-electron chi connectivity index (χ3n) is 6.50. The smallest absolute Gasteiger partial charge is 0.288 e. The van der Waals surface area contributed by atoms with E-state index < -0.39 is 37.0 Å². The molecule has 0 unspecified atom stereocenters. The van der Waals surface area contributed by atoms with Crippen LogP contribution in [0.25, 0.3) is 22.0 Å². The van der Waals surface area contributed by atoms with E-state index in [1.54, 1.807) is 24.4 Å². The van der Waals surface area contributed by atoms with E-state index in [9.17, 15) is 29.9 Å². The Morgan fingerprint density at radius 1 is 1.00 bits per heavy atom. The van der Waals surface area contributed by atoms with Crippen LogP contribution in [0.2, 0.25) is 0 Å². The molecule has 0 amide bonds. The number of aliphatic hydroxyl groups is 5. The molecule has 5 rings (SSSR count). The maximum atomic E-state index is 14.9. The van der Waals surface area contributed by atoms with E-state index in [2.05, 4.69) is 4.98 Å². The van der Waals surface area contributed by atoms with E-state index in [1.807, 2.05) is 36.4 Å². The molecule has 1 aromatic heterocycles. The molecule has 0 spiro atoms. The summed E-state index contributed by atoms with van der Waals surface area (Å²) in [4.78, 5) is 3.10. The maximum Gasteiger partial charge on any atom is 0.288 e. The Morgan fingerprint density at radius 3 is 2.50 bits per heavy atom. The van der Waals surface area contributed by atoms with Crippen molar-refractivity contribution in [1.29, 1.82) is 0 Å². The average molecular weight is 496 g/mol. The number of aromatic nitrogens is 1. The highest BCUT2D eigenvalue weighted by atomic mass is 19.1. The van der Waals surface area contributed by atoms with Crippen molar-refractivity contribution in [2.75, 3.05) is 6.61 Å². The summed E-state index contributed by atoms with van der Waals surface area (Å²) in [5.74, 6) is -2.97. The molecule has 188 valence electrons. The molecule has 5 atom stereocenters. The first-order valence-corrected chi connectivity index (χ1v) is 11.5. The van der Waals surface area contributed by atoms with Gasteiger partial charge in [-0.25, -0.2) is 4.39 Å². The van der Waals surface area contributed by atoms with Crippen LogP contribution < -0.4 is 4.74 Å². The lowest BCUT2D eigenvalue weighted by molar-refractivity contribution is -0.385. The van der Waals surface area contributed by atoms with Gasteiger partial charge in [-0.05, 0) is 41.3 Å². The van der Waals surface area contributed by atoms with Crippen LogP contribution in [0, 0.1) is 5.82 Å². The van der Waals surface area contributed by atoms with Crippen LogP contribution in [0.15, 0.2) is 72.9 Å². The Hall–Kier alpha value is -3.31. The minimum atomic E-state index is -2.71. The summed E-state index contributed by atoms with van der Waals surface area (Å²) in [5.41, 5.74) is 3.32. The summed E-state index contributed by atoms with van der Waals surface area (Å²) in [6, 6.07) is 19.2. The van der Waals surface area contributed by atoms with E-state index >= 15 is 0 Å². The summed E-state index contributed by atoms with van der Waals surface area (Å²) in [7, 11) is 0. The molecule has 1 aliphatic rings. The summed E-state index contributed by atoms with van der Waals surface area (Å²) in [6.45, 7) is -0.678. The Bertz CT molecular complexity index is 1360. The zero-order chi connectivity index (χ0) is 25.4. The number of rotatable bonds is 6. The van der Waals surface area contributed by atoms with Crippen LogP contribution in [-0.4, -0.2) is 67.5 Å². The van der Waals surface area contributed by atoms with Gasteiger partial charge < -0.3 is 40.0 Å². The Labute approximate surface area is 205 Å². The normalized spacial score (nSPS) is 26.3. The van der Waals surface area contributed by atoms with Gasteiger partial charge in [0.05, 0.1) is 6.61 Å². The predicted molar refractivity (Wildman–Crippen MR) is 128 cm³/mol. The molecule has 1 saturated heterocycles. The van der Waals surface area contributed by atoms with Crippen molar-refractivity contribution in [3.05, 3.63) is 89.9 Å². The second-order valence-electron chi connectivity index (χ2n) is 8.85. The van der Waals surface area contributed by atoms with Crippen molar-refractivity contribution < 1.29 is 39.4 Å². The van der Waals surface area contributed by atoms with Gasteiger partial charge in [-0.1, -0.05) is 48.5 Å². The van der Waals surface area contributed by atoms with Crippen molar-refractivity contribution >= 4 is 10.9 Å². The van der Waals surface area contributed by atoms with Gasteiger partial charge >= 0.3 is 0 Å². The highest BCUT2D eigenvalue weighted by molar-refractivity contribution is 5.89. The molecule has 8 nitrogen and oxygen atoms in total. The predicted octanol–water partition coefficient (Wildman–Crippen LogP) is 2.06. The molecule has 1 aliphatic heterocycles. The maximum absolute atomic E-state index is 14.9. The van der Waals surface area contributed by atoms with E-state index in [1.165, 1.54) is 12.1 Å². The minimum Gasteiger partial charge on any atom is -0.454 e. The SMILES string of the molecule is OC[C@H]1O[C@H](O)[C@@](O)(Oc2cccc3[nH]cc(Cc4ccc(-c5ccccc5)c(F)c4)c23)[C@@H](O)[C@@H]1O. The first-order valence-electron chi connectivity index (χ1n) is 11.5. The van der Waals surface area contributed by atoms with Crippen LogP contribution in [0.5, 0.6) is 5.75 Å². The van der Waals surface area contributed by atoms with Gasteiger partial charge in [-0.2, -0.15) is 0 Å². The van der Waals surface area contributed by atoms with Crippen molar-refractivity contribution in [1.82, 2.24) is 4.98 Å². The van der Waals surface area contributed by atoms with E-state index in [0.717, 1.165) is 5.56 Å². The highest BCUT2D eigenvalue weighted by Gasteiger charge is 2.57. The molecule has 2 heterocycles. The first kappa shape index (κ1) is 24.4. The van der Waals surface area contributed by atoms with Gasteiger partial charge in [0.25, 0.3) is 5.79 Å². The van der Waals surface area contributed by atoms with E-state index in [-0.39, 0.29) is 11.6 Å². The molecular weight excluding hydrogens is 469 g/mol. The third kappa shape index (κ3) is 4.26. The number of H-pyrrole nitrogens is 1. The van der Waals surface area contributed by atoms with Crippen LogP contribution in [0.4, 0.5) is 4.39 Å². The van der Waals surface area contributed by atoms with Crippen molar-refractivity contribution in [2.24, 2.45) is 0 Å². The molecule has 0 aliphatic carbocycles. The summed E-state index contributed by atoms with van der Waals surface area (Å²) in [5, 5.41) is 51.8. The van der Waals surface area contributed by atoms with E-state index in [0.29, 0.717) is 34.0 Å². The Balaban J connectivity index is 1.46. The second kappa shape index (κ2) is 9.62.